The standard InChI is InChI=1S/C25H41O.C5H11NO.C3H6.K/c1-22(2)12-6-13-24(4)20(22)11-15-23(3)18-10-16-25(26)14-5-7-19(25)17(18)8-9-21(23)24;6-4-5-2-1-3-7-5;1-3-2;/h17-21H,5-16H2,1-4H3;5H,1-4,6H2;3H,1H2,2H3;/q-1;;;+1. The molecular formula is C33H58KNO2. The number of fused-ring (bicyclic) bond motifs is 7. The van der Waals surface area contributed by atoms with Crippen LogP contribution in [0, 0.1) is 45.8 Å². The quantitative estimate of drug-likeness (QED) is 0.400. The molecule has 4 heteroatoms. The van der Waals surface area contributed by atoms with Gasteiger partial charge in [0.25, 0.3) is 0 Å². The molecule has 1 aliphatic heterocycles. The Kier molecular flexibility index (Phi) is 11.6. The first kappa shape index (κ1) is 32.8. The van der Waals surface area contributed by atoms with Crippen LogP contribution in [0.25, 0.3) is 0 Å². The first-order chi connectivity index (χ1) is 17.1. The van der Waals surface area contributed by atoms with Crippen LogP contribution in [0.1, 0.15) is 125 Å². The number of hydrogen-bond donors (Lipinski definition) is 1. The molecule has 3 nitrogen and oxygen atoms in total. The van der Waals surface area contributed by atoms with Crippen LogP contribution >= 0.6 is 0 Å². The van der Waals surface area contributed by atoms with Crippen molar-refractivity contribution in [1.82, 2.24) is 0 Å². The summed E-state index contributed by atoms with van der Waals surface area (Å²) in [5, 5.41) is 13.4. The number of nitrogens with two attached hydrogens (primary N) is 1. The minimum absolute atomic E-state index is 0. The smallest absolute Gasteiger partial charge is 0.849 e. The van der Waals surface area contributed by atoms with Crippen molar-refractivity contribution >= 4 is 0 Å². The normalized spacial score (nSPS) is 47.2. The van der Waals surface area contributed by atoms with Crippen LogP contribution in [0.5, 0.6) is 0 Å². The fourth-order valence-electron chi connectivity index (χ4n) is 11.1. The van der Waals surface area contributed by atoms with Gasteiger partial charge in [0.05, 0.1) is 6.10 Å². The van der Waals surface area contributed by atoms with Crippen molar-refractivity contribution in [1.29, 1.82) is 0 Å². The van der Waals surface area contributed by atoms with Gasteiger partial charge >= 0.3 is 51.4 Å². The SMILES string of the molecule is C=CC.CC1(C)CCCC2(C)C1CCC1(C)C3CCC4([O-])CCCC4C3CCC12.NCC1CCCO1.[K+]. The fraction of sp³-hybridized carbons (Fsp3) is 0.939. The number of ether oxygens (including phenoxy) is 1. The second-order valence-corrected chi connectivity index (χ2v) is 14.7. The van der Waals surface area contributed by atoms with E-state index in [0.29, 0.717) is 34.8 Å². The van der Waals surface area contributed by atoms with E-state index in [2.05, 4.69) is 34.3 Å². The van der Waals surface area contributed by atoms with Crippen molar-refractivity contribution < 1.29 is 61.2 Å². The van der Waals surface area contributed by atoms with Gasteiger partial charge in [-0.3, -0.25) is 0 Å². The Labute approximate surface area is 272 Å². The number of hydrogen-bond acceptors (Lipinski definition) is 3. The molecule has 0 spiro atoms. The average Bonchev–Trinajstić information content (AvgIpc) is 3.48. The Morgan fingerprint density at radius 2 is 1.54 bits per heavy atom. The summed E-state index contributed by atoms with van der Waals surface area (Å²) in [5.41, 5.74) is 6.39. The molecule has 6 aliphatic rings. The summed E-state index contributed by atoms with van der Waals surface area (Å²) in [6.07, 6.45) is 20.2. The zero-order chi connectivity index (χ0) is 26.2. The van der Waals surface area contributed by atoms with Gasteiger partial charge in [-0.25, -0.2) is 0 Å². The minimum Gasteiger partial charge on any atom is -0.849 e. The first-order valence-electron chi connectivity index (χ1n) is 15.6. The summed E-state index contributed by atoms with van der Waals surface area (Å²) >= 11 is 0. The van der Waals surface area contributed by atoms with E-state index in [1.807, 2.05) is 6.92 Å². The Bertz CT molecular complexity index is 751. The van der Waals surface area contributed by atoms with E-state index in [0.717, 1.165) is 49.5 Å². The molecule has 0 aromatic heterocycles. The molecule has 0 radical (unpaired) electrons. The monoisotopic (exact) mass is 539 g/mol. The predicted molar refractivity (Wildman–Crippen MR) is 149 cm³/mol. The Morgan fingerprint density at radius 1 is 0.811 bits per heavy atom. The van der Waals surface area contributed by atoms with Crippen LogP contribution in [0.3, 0.4) is 0 Å². The summed E-state index contributed by atoms with van der Waals surface area (Å²) in [4.78, 5) is 0. The number of rotatable bonds is 1. The zero-order valence-electron chi connectivity index (χ0n) is 25.5. The molecule has 0 aromatic rings. The van der Waals surface area contributed by atoms with Gasteiger partial charge in [-0.2, -0.15) is 0 Å². The van der Waals surface area contributed by atoms with Crippen molar-refractivity contribution in [3.8, 4) is 0 Å². The van der Waals surface area contributed by atoms with Crippen LogP contribution < -0.4 is 62.2 Å². The van der Waals surface area contributed by atoms with Crippen molar-refractivity contribution in [3.63, 3.8) is 0 Å². The summed E-state index contributed by atoms with van der Waals surface area (Å²) in [7, 11) is 0. The van der Waals surface area contributed by atoms with Crippen LogP contribution in [0.4, 0.5) is 0 Å². The maximum atomic E-state index is 13.4. The summed E-state index contributed by atoms with van der Waals surface area (Å²) in [5.74, 6) is 3.98. The van der Waals surface area contributed by atoms with Crippen molar-refractivity contribution in [2.24, 2.45) is 51.6 Å². The van der Waals surface area contributed by atoms with Crippen LogP contribution in [-0.4, -0.2) is 24.9 Å². The van der Waals surface area contributed by atoms with Gasteiger partial charge in [0.1, 0.15) is 0 Å². The molecule has 0 bridgehead atoms. The minimum atomic E-state index is -0.529. The molecule has 1 saturated heterocycles. The Morgan fingerprint density at radius 3 is 2.16 bits per heavy atom. The largest absolute Gasteiger partial charge is 1.00 e. The molecule has 37 heavy (non-hydrogen) atoms. The van der Waals surface area contributed by atoms with E-state index in [-0.39, 0.29) is 51.4 Å². The molecule has 2 N–H and O–H groups in total. The van der Waals surface area contributed by atoms with Crippen molar-refractivity contribution in [2.75, 3.05) is 13.2 Å². The molecule has 6 fully saturated rings. The molecule has 0 amide bonds. The van der Waals surface area contributed by atoms with E-state index in [9.17, 15) is 5.11 Å². The topological polar surface area (TPSA) is 58.3 Å². The third kappa shape index (κ3) is 6.22. The number of allylic oxidation sites excluding steroid dienone is 1. The Balaban J connectivity index is 0.000000294. The average molecular weight is 540 g/mol. The van der Waals surface area contributed by atoms with E-state index < -0.39 is 5.60 Å². The van der Waals surface area contributed by atoms with Gasteiger partial charge in [0, 0.05) is 13.2 Å². The van der Waals surface area contributed by atoms with Crippen LogP contribution in [0.2, 0.25) is 0 Å². The van der Waals surface area contributed by atoms with E-state index in [4.69, 9.17) is 10.5 Å². The first-order valence-corrected chi connectivity index (χ1v) is 15.6. The summed E-state index contributed by atoms with van der Waals surface area (Å²) in [6.45, 7) is 17.4. The van der Waals surface area contributed by atoms with Gasteiger partial charge in [-0.15, -0.1) is 12.2 Å². The van der Waals surface area contributed by atoms with Crippen molar-refractivity contribution in [3.05, 3.63) is 12.7 Å². The third-order valence-electron chi connectivity index (χ3n) is 12.5. The molecule has 1 heterocycles. The van der Waals surface area contributed by atoms with E-state index in [1.165, 1.54) is 70.6 Å². The van der Waals surface area contributed by atoms with E-state index >= 15 is 0 Å². The Hall–Kier alpha value is 1.26. The van der Waals surface area contributed by atoms with Gasteiger partial charge in [0.2, 0.25) is 0 Å². The van der Waals surface area contributed by atoms with Gasteiger partial charge in [0.15, 0.2) is 0 Å². The molecule has 5 aliphatic carbocycles. The molecular weight excluding hydrogens is 481 g/mol. The zero-order valence-corrected chi connectivity index (χ0v) is 28.6. The van der Waals surface area contributed by atoms with Crippen molar-refractivity contribution in [2.45, 2.75) is 136 Å². The second-order valence-electron chi connectivity index (χ2n) is 14.7. The second kappa shape index (κ2) is 13.1. The molecule has 9 atom stereocenters. The maximum Gasteiger partial charge on any atom is 1.00 e. The predicted octanol–water partition coefficient (Wildman–Crippen LogP) is 4.27. The molecule has 6 rings (SSSR count). The molecule has 5 saturated carbocycles. The fourth-order valence-corrected chi connectivity index (χ4v) is 11.1. The van der Waals surface area contributed by atoms with Gasteiger partial charge in [-0.1, -0.05) is 72.3 Å². The van der Waals surface area contributed by atoms with Crippen LogP contribution in [-0.2, 0) is 4.74 Å². The summed E-state index contributed by atoms with van der Waals surface area (Å²) in [6, 6.07) is 0. The third-order valence-corrected chi connectivity index (χ3v) is 12.5. The maximum absolute atomic E-state index is 13.4. The van der Waals surface area contributed by atoms with Crippen LogP contribution in [0.15, 0.2) is 12.7 Å². The molecule has 9 unspecified atom stereocenters. The summed E-state index contributed by atoms with van der Waals surface area (Å²) < 4.78 is 5.18. The molecule has 0 aromatic carbocycles. The van der Waals surface area contributed by atoms with E-state index in [1.54, 1.807) is 6.08 Å². The van der Waals surface area contributed by atoms with Gasteiger partial charge in [-0.05, 0) is 104 Å². The molecule has 208 valence electrons. The van der Waals surface area contributed by atoms with Gasteiger partial charge < -0.3 is 15.6 Å².